The molecule has 8 nitrogen and oxygen atoms in total. The number of fused-ring (bicyclic) bond motifs is 1. The molecule has 1 aromatic carbocycles. The number of rotatable bonds is 4. The SMILES string of the molecule is CCNC(=O)NC(=O)C(C)OC(=O)c1cc(Cl)c2c(c1)OCO2. The molecule has 0 aliphatic carbocycles. The molecule has 0 fully saturated rings. The summed E-state index contributed by atoms with van der Waals surface area (Å²) in [6, 6.07) is 2.10. The van der Waals surface area contributed by atoms with Gasteiger partial charge in [0.1, 0.15) is 0 Å². The number of ether oxygens (including phenoxy) is 3. The molecule has 0 radical (unpaired) electrons. The normalized spacial score (nSPS) is 13.2. The maximum absolute atomic E-state index is 12.1. The van der Waals surface area contributed by atoms with Gasteiger partial charge in [0.25, 0.3) is 5.91 Å². The average molecular weight is 343 g/mol. The minimum Gasteiger partial charge on any atom is -0.454 e. The maximum Gasteiger partial charge on any atom is 0.339 e. The molecule has 0 saturated carbocycles. The van der Waals surface area contributed by atoms with E-state index in [0.29, 0.717) is 18.0 Å². The molecule has 23 heavy (non-hydrogen) atoms. The van der Waals surface area contributed by atoms with Crippen LogP contribution < -0.4 is 20.1 Å². The van der Waals surface area contributed by atoms with E-state index < -0.39 is 24.0 Å². The van der Waals surface area contributed by atoms with Gasteiger partial charge in [-0.05, 0) is 26.0 Å². The second kappa shape index (κ2) is 7.19. The summed E-state index contributed by atoms with van der Waals surface area (Å²) in [6.45, 7) is 3.43. The van der Waals surface area contributed by atoms with Crippen molar-refractivity contribution in [1.29, 1.82) is 0 Å². The zero-order valence-corrected chi connectivity index (χ0v) is 13.2. The molecule has 2 rings (SSSR count). The number of amides is 3. The van der Waals surface area contributed by atoms with E-state index >= 15 is 0 Å². The Balaban J connectivity index is 2.00. The average Bonchev–Trinajstić information content (AvgIpc) is 2.96. The first kappa shape index (κ1) is 16.9. The molecular weight excluding hydrogens is 328 g/mol. The fourth-order valence-electron chi connectivity index (χ4n) is 1.79. The van der Waals surface area contributed by atoms with Crippen molar-refractivity contribution in [3.63, 3.8) is 0 Å². The smallest absolute Gasteiger partial charge is 0.339 e. The van der Waals surface area contributed by atoms with Crippen LogP contribution in [-0.2, 0) is 9.53 Å². The Morgan fingerprint density at radius 1 is 1.35 bits per heavy atom. The van der Waals surface area contributed by atoms with Crippen LogP contribution in [0.25, 0.3) is 0 Å². The summed E-state index contributed by atoms with van der Waals surface area (Å²) >= 11 is 5.98. The molecule has 2 N–H and O–H groups in total. The predicted octanol–water partition coefficient (Wildman–Crippen LogP) is 1.46. The lowest BCUT2D eigenvalue weighted by molar-refractivity contribution is -0.127. The van der Waals surface area contributed by atoms with Gasteiger partial charge >= 0.3 is 12.0 Å². The highest BCUT2D eigenvalue weighted by Crippen LogP contribution is 2.39. The molecule has 1 unspecified atom stereocenters. The molecule has 124 valence electrons. The van der Waals surface area contributed by atoms with Gasteiger partial charge in [0.2, 0.25) is 6.79 Å². The highest BCUT2D eigenvalue weighted by atomic mass is 35.5. The molecule has 3 amide bonds. The van der Waals surface area contributed by atoms with Crippen molar-refractivity contribution < 1.29 is 28.6 Å². The largest absolute Gasteiger partial charge is 0.454 e. The second-order valence-electron chi connectivity index (χ2n) is 4.59. The third kappa shape index (κ3) is 4.04. The molecule has 0 spiro atoms. The van der Waals surface area contributed by atoms with Gasteiger partial charge in [-0.25, -0.2) is 9.59 Å². The Hall–Kier alpha value is -2.48. The Morgan fingerprint density at radius 2 is 2.09 bits per heavy atom. The number of urea groups is 1. The van der Waals surface area contributed by atoms with Gasteiger partial charge in [-0.3, -0.25) is 10.1 Å². The lowest BCUT2D eigenvalue weighted by Crippen LogP contribution is -2.44. The van der Waals surface area contributed by atoms with E-state index in [1.807, 2.05) is 0 Å². The number of benzene rings is 1. The fraction of sp³-hybridized carbons (Fsp3) is 0.357. The number of carbonyl (C=O) groups excluding carboxylic acids is 3. The molecule has 1 aromatic rings. The van der Waals surface area contributed by atoms with E-state index in [9.17, 15) is 14.4 Å². The van der Waals surface area contributed by atoms with Gasteiger partial charge in [-0.2, -0.15) is 0 Å². The number of halogens is 1. The van der Waals surface area contributed by atoms with Crippen molar-refractivity contribution in [3.8, 4) is 11.5 Å². The first-order valence-corrected chi connectivity index (χ1v) is 7.19. The standard InChI is InChI=1S/C14H15ClN2O6/c1-3-16-14(20)17-12(18)7(2)23-13(19)8-4-9(15)11-10(5-8)21-6-22-11/h4-5,7H,3,6H2,1-2H3,(H2,16,17,18,20). The number of esters is 1. The first-order valence-electron chi connectivity index (χ1n) is 6.81. The Morgan fingerprint density at radius 3 is 2.78 bits per heavy atom. The topological polar surface area (TPSA) is 103 Å². The van der Waals surface area contributed by atoms with E-state index in [2.05, 4.69) is 10.6 Å². The molecule has 9 heteroatoms. The van der Waals surface area contributed by atoms with Crippen LogP contribution in [0.5, 0.6) is 11.5 Å². The lowest BCUT2D eigenvalue weighted by Gasteiger charge is -2.13. The van der Waals surface area contributed by atoms with Gasteiger partial charge in [-0.1, -0.05) is 11.6 Å². The van der Waals surface area contributed by atoms with Crippen LogP contribution in [0.3, 0.4) is 0 Å². The predicted molar refractivity (Wildman–Crippen MR) is 79.7 cm³/mol. The summed E-state index contributed by atoms with van der Waals surface area (Å²) < 4.78 is 15.3. The zero-order chi connectivity index (χ0) is 17.0. The molecule has 0 saturated heterocycles. The van der Waals surface area contributed by atoms with E-state index in [1.54, 1.807) is 6.92 Å². The fourth-order valence-corrected chi connectivity index (χ4v) is 2.05. The Bertz CT molecular complexity index is 648. The van der Waals surface area contributed by atoms with Gasteiger partial charge in [0.15, 0.2) is 17.6 Å². The minimum atomic E-state index is -1.16. The zero-order valence-electron chi connectivity index (χ0n) is 12.5. The number of hydrogen-bond acceptors (Lipinski definition) is 6. The first-order chi connectivity index (χ1) is 10.9. The number of carbonyl (C=O) groups is 3. The Kier molecular flexibility index (Phi) is 5.28. The summed E-state index contributed by atoms with van der Waals surface area (Å²) in [5.74, 6) is -0.839. The summed E-state index contributed by atoms with van der Waals surface area (Å²) in [6.07, 6.45) is -1.16. The van der Waals surface area contributed by atoms with Crippen LogP contribution >= 0.6 is 11.6 Å². The monoisotopic (exact) mass is 342 g/mol. The summed E-state index contributed by atoms with van der Waals surface area (Å²) in [4.78, 5) is 35.0. The van der Waals surface area contributed by atoms with Crippen LogP contribution in [0.2, 0.25) is 5.02 Å². The second-order valence-corrected chi connectivity index (χ2v) is 5.00. The molecular formula is C14H15ClN2O6. The number of hydrogen-bond donors (Lipinski definition) is 2. The van der Waals surface area contributed by atoms with Gasteiger partial charge in [-0.15, -0.1) is 0 Å². The van der Waals surface area contributed by atoms with Gasteiger partial charge in [0, 0.05) is 6.54 Å². The molecule has 0 bridgehead atoms. The van der Waals surface area contributed by atoms with E-state index in [0.717, 1.165) is 0 Å². The lowest BCUT2D eigenvalue weighted by atomic mass is 10.2. The van der Waals surface area contributed by atoms with E-state index in [1.165, 1.54) is 19.1 Å². The minimum absolute atomic E-state index is 0.0128. The van der Waals surface area contributed by atoms with Crippen molar-refractivity contribution in [3.05, 3.63) is 22.7 Å². The molecule has 0 aromatic heterocycles. The third-order valence-corrected chi connectivity index (χ3v) is 3.17. The van der Waals surface area contributed by atoms with Crippen molar-refractivity contribution in [1.82, 2.24) is 10.6 Å². The third-order valence-electron chi connectivity index (χ3n) is 2.89. The van der Waals surface area contributed by atoms with Crippen molar-refractivity contribution in [2.75, 3.05) is 13.3 Å². The molecule has 1 aliphatic rings. The van der Waals surface area contributed by atoms with Crippen LogP contribution in [0.4, 0.5) is 4.79 Å². The highest BCUT2D eigenvalue weighted by Gasteiger charge is 2.24. The highest BCUT2D eigenvalue weighted by molar-refractivity contribution is 6.32. The van der Waals surface area contributed by atoms with Crippen LogP contribution in [0.15, 0.2) is 12.1 Å². The number of imide groups is 1. The van der Waals surface area contributed by atoms with Crippen LogP contribution in [-0.4, -0.2) is 37.3 Å². The maximum atomic E-state index is 12.1. The van der Waals surface area contributed by atoms with Crippen molar-refractivity contribution in [2.45, 2.75) is 20.0 Å². The number of nitrogens with one attached hydrogen (secondary N) is 2. The van der Waals surface area contributed by atoms with Crippen molar-refractivity contribution in [2.24, 2.45) is 0 Å². The quantitative estimate of drug-likeness (QED) is 0.803. The van der Waals surface area contributed by atoms with Gasteiger partial charge in [0.05, 0.1) is 10.6 Å². The molecule has 1 aliphatic heterocycles. The summed E-state index contributed by atoms with van der Waals surface area (Å²) in [5, 5.41) is 4.65. The van der Waals surface area contributed by atoms with Gasteiger partial charge < -0.3 is 19.5 Å². The van der Waals surface area contributed by atoms with E-state index in [4.69, 9.17) is 25.8 Å². The van der Waals surface area contributed by atoms with E-state index in [-0.39, 0.29) is 17.4 Å². The summed E-state index contributed by atoms with van der Waals surface area (Å²) in [5.41, 5.74) is 0.108. The van der Waals surface area contributed by atoms with Crippen molar-refractivity contribution >= 4 is 29.5 Å². The summed E-state index contributed by atoms with van der Waals surface area (Å²) in [7, 11) is 0. The Labute approximate surface area is 137 Å². The molecule has 1 atom stereocenters. The van der Waals surface area contributed by atoms with Crippen LogP contribution in [0, 0.1) is 0 Å². The molecule has 1 heterocycles. The van der Waals surface area contributed by atoms with Crippen LogP contribution in [0.1, 0.15) is 24.2 Å².